The topological polar surface area (TPSA) is 41.4 Å². The number of amides is 1. The zero-order chi connectivity index (χ0) is 16.3. The van der Waals surface area contributed by atoms with Crippen molar-refractivity contribution in [3.8, 4) is 0 Å². The summed E-state index contributed by atoms with van der Waals surface area (Å²) < 4.78 is 38.9. The third-order valence-electron chi connectivity index (χ3n) is 3.83. The van der Waals surface area contributed by atoms with Crippen LogP contribution in [0.1, 0.15) is 29.4 Å². The van der Waals surface area contributed by atoms with Crippen LogP contribution in [0.25, 0.3) is 0 Å². The molecule has 5 nitrogen and oxygen atoms in total. The van der Waals surface area contributed by atoms with Gasteiger partial charge in [0.2, 0.25) is 0 Å². The maximum Gasteiger partial charge on any atom is 0.401 e. The molecule has 0 radical (unpaired) electrons. The van der Waals surface area contributed by atoms with Crippen LogP contribution in [-0.4, -0.2) is 64.4 Å². The highest BCUT2D eigenvalue weighted by atomic mass is 19.4. The molecule has 1 aromatic heterocycles. The third-order valence-corrected chi connectivity index (χ3v) is 3.83. The lowest BCUT2D eigenvalue weighted by molar-refractivity contribution is -0.148. The number of halogens is 3. The summed E-state index contributed by atoms with van der Waals surface area (Å²) in [5.41, 5.74) is 1.35. The number of aryl methyl sites for hydroxylation is 1. The van der Waals surface area contributed by atoms with Gasteiger partial charge in [0.1, 0.15) is 0 Å². The molecule has 1 aromatic rings. The lowest BCUT2D eigenvalue weighted by atomic mass is 10.2. The zero-order valence-corrected chi connectivity index (χ0v) is 12.9. The van der Waals surface area contributed by atoms with Crippen molar-refractivity contribution in [1.29, 1.82) is 0 Å². The van der Waals surface area contributed by atoms with E-state index in [4.69, 9.17) is 0 Å². The first-order valence-corrected chi connectivity index (χ1v) is 7.42. The van der Waals surface area contributed by atoms with Gasteiger partial charge in [0.15, 0.2) is 0 Å². The lowest BCUT2D eigenvalue weighted by Gasteiger charge is -2.34. The van der Waals surface area contributed by atoms with Crippen molar-refractivity contribution in [3.63, 3.8) is 0 Å². The average molecular weight is 318 g/mol. The number of piperazine rings is 1. The van der Waals surface area contributed by atoms with E-state index in [1.165, 1.54) is 4.90 Å². The van der Waals surface area contributed by atoms with Crippen LogP contribution in [0, 0.1) is 6.92 Å². The number of carbonyl (C=O) groups is 1. The predicted octanol–water partition coefficient (Wildman–Crippen LogP) is 1.92. The normalized spacial score (nSPS) is 17.0. The van der Waals surface area contributed by atoms with Crippen molar-refractivity contribution in [2.75, 3.05) is 32.7 Å². The molecule has 0 aromatic carbocycles. The molecule has 0 unspecified atom stereocenters. The van der Waals surface area contributed by atoms with Crippen molar-refractivity contribution < 1.29 is 18.0 Å². The molecule has 0 saturated carbocycles. The minimum absolute atomic E-state index is 0.147. The monoisotopic (exact) mass is 318 g/mol. The second kappa shape index (κ2) is 6.68. The van der Waals surface area contributed by atoms with E-state index in [2.05, 4.69) is 5.10 Å². The average Bonchev–Trinajstić information content (AvgIpc) is 2.79. The summed E-state index contributed by atoms with van der Waals surface area (Å²) in [6.45, 7) is 4.82. The van der Waals surface area contributed by atoms with Gasteiger partial charge in [-0.15, -0.1) is 0 Å². The maximum absolute atomic E-state index is 12.5. The Labute approximate surface area is 127 Å². The molecule has 0 N–H and O–H groups in total. The van der Waals surface area contributed by atoms with Crippen LogP contribution in [0.4, 0.5) is 13.2 Å². The van der Waals surface area contributed by atoms with Gasteiger partial charge in [-0.2, -0.15) is 18.3 Å². The lowest BCUT2D eigenvalue weighted by Crippen LogP contribution is -2.51. The fourth-order valence-electron chi connectivity index (χ4n) is 2.63. The van der Waals surface area contributed by atoms with E-state index < -0.39 is 12.7 Å². The minimum atomic E-state index is -4.19. The Morgan fingerprint density at radius 3 is 2.45 bits per heavy atom. The molecule has 22 heavy (non-hydrogen) atoms. The van der Waals surface area contributed by atoms with Crippen LogP contribution in [0.3, 0.4) is 0 Å². The molecule has 124 valence electrons. The summed E-state index contributed by atoms with van der Waals surface area (Å²) >= 11 is 0. The number of alkyl halides is 3. The maximum atomic E-state index is 12.5. The van der Waals surface area contributed by atoms with Gasteiger partial charge < -0.3 is 4.90 Å². The van der Waals surface area contributed by atoms with Crippen molar-refractivity contribution in [2.45, 2.75) is 33.0 Å². The zero-order valence-electron chi connectivity index (χ0n) is 12.9. The molecular formula is C14H21F3N4O. The predicted molar refractivity (Wildman–Crippen MR) is 75.7 cm³/mol. The molecule has 2 heterocycles. The SMILES string of the molecule is CCCn1ncc(C(=O)N2CCN(CC(F)(F)F)CC2)c1C. The molecule has 2 rings (SSSR count). The Bertz CT molecular complexity index is 519. The second-order valence-electron chi connectivity index (χ2n) is 5.55. The molecule has 1 aliphatic rings. The Balaban J connectivity index is 1.95. The number of hydrogen-bond donors (Lipinski definition) is 0. The smallest absolute Gasteiger partial charge is 0.336 e. The summed E-state index contributed by atoms with van der Waals surface area (Å²) in [6, 6.07) is 0. The first-order chi connectivity index (χ1) is 10.3. The number of hydrogen-bond acceptors (Lipinski definition) is 3. The quantitative estimate of drug-likeness (QED) is 0.852. The highest BCUT2D eigenvalue weighted by molar-refractivity contribution is 5.95. The standard InChI is InChI=1S/C14H21F3N4O/c1-3-4-21-11(2)12(9-18-21)13(22)20-7-5-19(6-8-20)10-14(15,16)17/h9H,3-8,10H2,1-2H3. The van der Waals surface area contributed by atoms with Gasteiger partial charge in [-0.3, -0.25) is 14.4 Å². The second-order valence-corrected chi connectivity index (χ2v) is 5.55. The van der Waals surface area contributed by atoms with Crippen molar-refractivity contribution in [3.05, 3.63) is 17.5 Å². The molecule has 1 saturated heterocycles. The fourth-order valence-corrected chi connectivity index (χ4v) is 2.63. The molecular weight excluding hydrogens is 297 g/mol. The molecule has 1 amide bonds. The van der Waals surface area contributed by atoms with E-state index in [-0.39, 0.29) is 19.0 Å². The fraction of sp³-hybridized carbons (Fsp3) is 0.714. The van der Waals surface area contributed by atoms with Gasteiger partial charge >= 0.3 is 6.18 Å². The van der Waals surface area contributed by atoms with Gasteiger partial charge in [-0.25, -0.2) is 0 Å². The Kier molecular flexibility index (Phi) is 5.10. The summed E-state index contributed by atoms with van der Waals surface area (Å²) in [5.74, 6) is -0.147. The molecule has 1 aliphatic heterocycles. The molecule has 0 aliphatic carbocycles. The third kappa shape index (κ3) is 4.00. The van der Waals surface area contributed by atoms with Crippen LogP contribution in [-0.2, 0) is 6.54 Å². The van der Waals surface area contributed by atoms with Crippen molar-refractivity contribution >= 4 is 5.91 Å². The largest absolute Gasteiger partial charge is 0.401 e. The van der Waals surface area contributed by atoms with E-state index in [1.807, 2.05) is 13.8 Å². The first kappa shape index (κ1) is 16.8. The highest BCUT2D eigenvalue weighted by Gasteiger charge is 2.33. The highest BCUT2D eigenvalue weighted by Crippen LogP contribution is 2.18. The number of rotatable bonds is 4. The Morgan fingerprint density at radius 2 is 1.91 bits per heavy atom. The van der Waals surface area contributed by atoms with E-state index >= 15 is 0 Å². The first-order valence-electron chi connectivity index (χ1n) is 7.42. The summed E-state index contributed by atoms with van der Waals surface area (Å²) in [7, 11) is 0. The number of carbonyl (C=O) groups excluding carboxylic acids is 1. The van der Waals surface area contributed by atoms with Gasteiger partial charge in [-0.1, -0.05) is 6.92 Å². The molecule has 0 atom stereocenters. The molecule has 0 spiro atoms. The van der Waals surface area contributed by atoms with Crippen LogP contribution < -0.4 is 0 Å². The van der Waals surface area contributed by atoms with Crippen LogP contribution in [0.15, 0.2) is 6.20 Å². The van der Waals surface area contributed by atoms with Crippen molar-refractivity contribution in [2.24, 2.45) is 0 Å². The molecule has 1 fully saturated rings. The number of nitrogens with zero attached hydrogens (tertiary/aromatic N) is 4. The number of aromatic nitrogens is 2. The van der Waals surface area contributed by atoms with Crippen LogP contribution >= 0.6 is 0 Å². The summed E-state index contributed by atoms with van der Waals surface area (Å²) in [4.78, 5) is 15.4. The van der Waals surface area contributed by atoms with Gasteiger partial charge in [0.25, 0.3) is 5.91 Å². The van der Waals surface area contributed by atoms with Gasteiger partial charge in [0, 0.05) is 38.4 Å². The summed E-state index contributed by atoms with van der Waals surface area (Å²) in [5, 5.41) is 4.19. The summed E-state index contributed by atoms with van der Waals surface area (Å²) in [6.07, 6.45) is -1.72. The van der Waals surface area contributed by atoms with Crippen molar-refractivity contribution in [1.82, 2.24) is 19.6 Å². The van der Waals surface area contributed by atoms with Crippen LogP contribution in [0.2, 0.25) is 0 Å². The van der Waals surface area contributed by atoms with E-state index in [0.29, 0.717) is 18.7 Å². The van der Waals surface area contributed by atoms with Gasteiger partial charge in [-0.05, 0) is 13.3 Å². The Hall–Kier alpha value is -1.57. The Morgan fingerprint density at radius 1 is 1.27 bits per heavy atom. The van der Waals surface area contributed by atoms with E-state index in [9.17, 15) is 18.0 Å². The molecule has 8 heteroatoms. The van der Waals surface area contributed by atoms with Gasteiger partial charge in [0.05, 0.1) is 18.3 Å². The minimum Gasteiger partial charge on any atom is -0.336 e. The van der Waals surface area contributed by atoms with Crippen LogP contribution in [0.5, 0.6) is 0 Å². The van der Waals surface area contributed by atoms with E-state index in [1.54, 1.807) is 15.8 Å². The molecule has 0 bridgehead atoms. The van der Waals surface area contributed by atoms with E-state index in [0.717, 1.165) is 18.7 Å².